The summed E-state index contributed by atoms with van der Waals surface area (Å²) < 4.78 is 5.23. The number of aromatic nitrogens is 2. The second-order valence-electron chi connectivity index (χ2n) is 9.22. The summed E-state index contributed by atoms with van der Waals surface area (Å²) in [6.45, 7) is 9.82. The molecule has 7 heteroatoms. The first-order chi connectivity index (χ1) is 17.4. The summed E-state index contributed by atoms with van der Waals surface area (Å²) in [5.41, 5.74) is 4.56. The lowest BCUT2D eigenvalue weighted by Crippen LogP contribution is -2.43. The molecule has 0 spiro atoms. The van der Waals surface area contributed by atoms with Crippen molar-refractivity contribution in [2.75, 3.05) is 31.1 Å². The van der Waals surface area contributed by atoms with E-state index in [0.29, 0.717) is 43.4 Å². The first-order valence-corrected chi connectivity index (χ1v) is 12.7. The average molecular weight is 487 g/mol. The number of anilines is 2. The van der Waals surface area contributed by atoms with E-state index in [-0.39, 0.29) is 17.8 Å². The van der Waals surface area contributed by atoms with Gasteiger partial charge in [-0.15, -0.1) is 0 Å². The van der Waals surface area contributed by atoms with E-state index in [9.17, 15) is 9.59 Å². The number of rotatable bonds is 7. The van der Waals surface area contributed by atoms with Gasteiger partial charge in [-0.3, -0.25) is 9.59 Å². The second-order valence-corrected chi connectivity index (χ2v) is 9.22. The molecule has 0 N–H and O–H groups in total. The minimum absolute atomic E-state index is 0.166. The van der Waals surface area contributed by atoms with Crippen LogP contribution < -0.4 is 4.90 Å². The SMILES string of the molecule is CCOC(=O)C1CCCN(C(=O)c2cnc(-c3ccc(C)cc3)nc2N(CC)c2cccc(C)c2)C1. The van der Waals surface area contributed by atoms with Gasteiger partial charge in [-0.2, -0.15) is 0 Å². The number of carbonyl (C=O) groups excluding carboxylic acids is 2. The molecule has 2 aromatic carbocycles. The molecular formula is C29H34N4O3. The molecule has 7 nitrogen and oxygen atoms in total. The van der Waals surface area contributed by atoms with Crippen LogP contribution in [0.3, 0.4) is 0 Å². The molecule has 0 saturated carbocycles. The molecule has 1 aromatic heterocycles. The number of amides is 1. The Kier molecular flexibility index (Phi) is 7.98. The molecule has 1 amide bonds. The first-order valence-electron chi connectivity index (χ1n) is 12.7. The Bertz CT molecular complexity index is 1230. The molecule has 2 heterocycles. The van der Waals surface area contributed by atoms with Crippen molar-refractivity contribution in [1.82, 2.24) is 14.9 Å². The van der Waals surface area contributed by atoms with E-state index in [0.717, 1.165) is 35.2 Å². The molecule has 1 saturated heterocycles. The summed E-state index contributed by atoms with van der Waals surface area (Å²) >= 11 is 0. The van der Waals surface area contributed by atoms with E-state index < -0.39 is 0 Å². The Labute approximate surface area is 213 Å². The van der Waals surface area contributed by atoms with Gasteiger partial charge in [0.1, 0.15) is 11.4 Å². The van der Waals surface area contributed by atoms with Gasteiger partial charge in [0, 0.05) is 37.1 Å². The molecule has 0 aliphatic carbocycles. The van der Waals surface area contributed by atoms with Crippen molar-refractivity contribution >= 4 is 23.4 Å². The lowest BCUT2D eigenvalue weighted by molar-refractivity contribution is -0.149. The van der Waals surface area contributed by atoms with Crippen molar-refractivity contribution in [2.24, 2.45) is 5.92 Å². The van der Waals surface area contributed by atoms with Crippen molar-refractivity contribution in [3.63, 3.8) is 0 Å². The predicted molar refractivity (Wildman–Crippen MR) is 141 cm³/mol. The summed E-state index contributed by atoms with van der Waals surface area (Å²) in [4.78, 5) is 39.5. The van der Waals surface area contributed by atoms with E-state index in [1.54, 1.807) is 18.0 Å². The van der Waals surface area contributed by atoms with Crippen LogP contribution in [0.5, 0.6) is 0 Å². The summed E-state index contributed by atoms with van der Waals surface area (Å²) in [5.74, 6) is 0.419. The number of aryl methyl sites for hydroxylation is 2. The monoisotopic (exact) mass is 486 g/mol. The van der Waals surface area contributed by atoms with Crippen LogP contribution in [0.25, 0.3) is 11.4 Å². The molecule has 1 aliphatic heterocycles. The van der Waals surface area contributed by atoms with Gasteiger partial charge in [-0.25, -0.2) is 9.97 Å². The summed E-state index contributed by atoms with van der Waals surface area (Å²) in [6, 6.07) is 16.2. The maximum Gasteiger partial charge on any atom is 0.310 e. The third-order valence-corrected chi connectivity index (χ3v) is 6.52. The lowest BCUT2D eigenvalue weighted by Gasteiger charge is -2.33. The van der Waals surface area contributed by atoms with Crippen LogP contribution >= 0.6 is 0 Å². The lowest BCUT2D eigenvalue weighted by atomic mass is 9.97. The Morgan fingerprint density at radius 1 is 1.08 bits per heavy atom. The highest BCUT2D eigenvalue weighted by atomic mass is 16.5. The molecule has 3 aromatic rings. The zero-order valence-electron chi connectivity index (χ0n) is 21.5. The molecule has 188 valence electrons. The van der Waals surface area contributed by atoms with Crippen LogP contribution in [-0.2, 0) is 9.53 Å². The zero-order valence-corrected chi connectivity index (χ0v) is 21.5. The summed E-state index contributed by atoms with van der Waals surface area (Å²) in [7, 11) is 0. The predicted octanol–water partition coefficient (Wildman–Crippen LogP) is 5.33. The van der Waals surface area contributed by atoms with E-state index in [2.05, 4.69) is 11.1 Å². The number of nitrogens with zero attached hydrogens (tertiary/aromatic N) is 4. The standard InChI is InChI=1S/C29H34N4O3/c1-5-33(24-11-7-9-21(4)17-24)27-25(18-30-26(31-27)22-14-12-20(3)13-15-22)28(34)32-16-8-10-23(19-32)29(35)36-6-2/h7,9,11-15,17-18,23H,5-6,8,10,16,19H2,1-4H3. The first kappa shape index (κ1) is 25.4. The number of piperidine rings is 1. The molecule has 4 rings (SSSR count). The smallest absolute Gasteiger partial charge is 0.310 e. The van der Waals surface area contributed by atoms with E-state index in [1.165, 1.54) is 0 Å². The summed E-state index contributed by atoms with van der Waals surface area (Å²) in [6.07, 6.45) is 3.11. The molecule has 36 heavy (non-hydrogen) atoms. The number of ether oxygens (including phenoxy) is 1. The summed E-state index contributed by atoms with van der Waals surface area (Å²) in [5, 5.41) is 0. The van der Waals surface area contributed by atoms with Crippen molar-refractivity contribution in [3.8, 4) is 11.4 Å². The minimum Gasteiger partial charge on any atom is -0.466 e. The topological polar surface area (TPSA) is 75.6 Å². The highest BCUT2D eigenvalue weighted by Crippen LogP contribution is 2.31. The fourth-order valence-electron chi connectivity index (χ4n) is 4.61. The Morgan fingerprint density at radius 2 is 1.86 bits per heavy atom. The maximum atomic E-state index is 13.8. The Balaban J connectivity index is 1.75. The highest BCUT2D eigenvalue weighted by Gasteiger charge is 2.32. The normalized spacial score (nSPS) is 15.4. The van der Waals surface area contributed by atoms with Crippen LogP contribution in [0.1, 0.15) is 48.2 Å². The Hall–Kier alpha value is -3.74. The molecule has 0 bridgehead atoms. The van der Waals surface area contributed by atoms with Crippen molar-refractivity contribution in [2.45, 2.75) is 40.5 Å². The molecule has 0 radical (unpaired) electrons. The van der Waals surface area contributed by atoms with Gasteiger partial charge in [0.15, 0.2) is 5.82 Å². The number of carbonyl (C=O) groups is 2. The Morgan fingerprint density at radius 3 is 2.56 bits per heavy atom. The number of likely N-dealkylation sites (tertiary alicyclic amines) is 1. The molecular weight excluding hydrogens is 452 g/mol. The molecule has 1 aliphatic rings. The van der Waals surface area contributed by atoms with E-state index in [4.69, 9.17) is 9.72 Å². The number of benzene rings is 2. The average Bonchev–Trinajstić information content (AvgIpc) is 2.89. The number of hydrogen-bond donors (Lipinski definition) is 0. The zero-order chi connectivity index (χ0) is 25.7. The third-order valence-electron chi connectivity index (χ3n) is 6.52. The molecule has 1 atom stereocenters. The third kappa shape index (κ3) is 5.56. The second kappa shape index (κ2) is 11.3. The van der Waals surface area contributed by atoms with Gasteiger partial charge in [0.05, 0.1) is 12.5 Å². The highest BCUT2D eigenvalue weighted by molar-refractivity contribution is 6.00. The fraction of sp³-hybridized carbons (Fsp3) is 0.379. The molecule has 1 fully saturated rings. The minimum atomic E-state index is -0.307. The molecule has 1 unspecified atom stereocenters. The largest absolute Gasteiger partial charge is 0.466 e. The maximum absolute atomic E-state index is 13.8. The van der Waals surface area contributed by atoms with Crippen LogP contribution in [0.15, 0.2) is 54.7 Å². The van der Waals surface area contributed by atoms with E-state index in [1.807, 2.05) is 68.1 Å². The number of hydrogen-bond acceptors (Lipinski definition) is 6. The fourth-order valence-corrected chi connectivity index (χ4v) is 4.61. The van der Waals surface area contributed by atoms with Gasteiger partial charge in [-0.1, -0.05) is 42.0 Å². The van der Waals surface area contributed by atoms with Gasteiger partial charge >= 0.3 is 5.97 Å². The van der Waals surface area contributed by atoms with Gasteiger partial charge in [0.2, 0.25) is 0 Å². The van der Waals surface area contributed by atoms with Crippen LogP contribution in [0.4, 0.5) is 11.5 Å². The van der Waals surface area contributed by atoms with Gasteiger partial charge in [-0.05, 0) is 58.2 Å². The van der Waals surface area contributed by atoms with Crippen molar-refractivity contribution in [3.05, 3.63) is 71.4 Å². The van der Waals surface area contributed by atoms with Crippen molar-refractivity contribution in [1.29, 1.82) is 0 Å². The van der Waals surface area contributed by atoms with Crippen LogP contribution in [0.2, 0.25) is 0 Å². The van der Waals surface area contributed by atoms with E-state index >= 15 is 0 Å². The van der Waals surface area contributed by atoms with Crippen molar-refractivity contribution < 1.29 is 14.3 Å². The van der Waals surface area contributed by atoms with Gasteiger partial charge < -0.3 is 14.5 Å². The van der Waals surface area contributed by atoms with Crippen LogP contribution in [-0.4, -0.2) is 53.0 Å². The quantitative estimate of drug-likeness (QED) is 0.420. The van der Waals surface area contributed by atoms with Gasteiger partial charge in [0.25, 0.3) is 5.91 Å². The van der Waals surface area contributed by atoms with Crippen LogP contribution in [0, 0.1) is 19.8 Å². The number of esters is 1.